The highest BCUT2D eigenvalue weighted by molar-refractivity contribution is 5.73. The van der Waals surface area contributed by atoms with Crippen molar-refractivity contribution in [1.29, 1.82) is 0 Å². The molecule has 2 aromatic rings. The van der Waals surface area contributed by atoms with E-state index in [0.29, 0.717) is 17.4 Å². The van der Waals surface area contributed by atoms with Crippen LogP contribution in [0.25, 0.3) is 11.8 Å². The van der Waals surface area contributed by atoms with Gasteiger partial charge in [-0.25, -0.2) is 0 Å². The summed E-state index contributed by atoms with van der Waals surface area (Å²) in [4.78, 5) is 12.9. The summed E-state index contributed by atoms with van der Waals surface area (Å²) in [6.45, 7) is 42.5. The molecule has 6 aliphatic rings. The summed E-state index contributed by atoms with van der Waals surface area (Å²) in [6.07, 6.45) is 15.0. The molecule has 0 bridgehead atoms. The minimum atomic E-state index is -0.0339. The van der Waals surface area contributed by atoms with E-state index in [-0.39, 0.29) is 11.5 Å². The van der Waals surface area contributed by atoms with Gasteiger partial charge in [0.25, 0.3) is 0 Å². The van der Waals surface area contributed by atoms with Crippen LogP contribution in [0, 0.1) is 30.6 Å². The lowest BCUT2D eigenvalue weighted by atomic mass is 9.75. The van der Waals surface area contributed by atoms with E-state index in [1.807, 2.05) is 6.08 Å². The highest BCUT2D eigenvalue weighted by atomic mass is 15.2. The fraction of sp³-hybridized carbons (Fsp3) is 0.500. The van der Waals surface area contributed by atoms with Crippen LogP contribution in [0.2, 0.25) is 0 Å². The van der Waals surface area contributed by atoms with E-state index in [1.165, 1.54) is 89.1 Å². The van der Waals surface area contributed by atoms with E-state index >= 15 is 0 Å². The fourth-order valence-electron chi connectivity index (χ4n) is 11.5. The van der Waals surface area contributed by atoms with Gasteiger partial charge in [0, 0.05) is 111 Å². The van der Waals surface area contributed by atoms with Gasteiger partial charge in [-0.05, 0) is 141 Å². The number of piperidine rings is 3. The van der Waals surface area contributed by atoms with Crippen LogP contribution in [0.15, 0.2) is 104 Å². The molecule has 6 heteroatoms. The molecular formula is C52H70N6. The van der Waals surface area contributed by atoms with Gasteiger partial charge in [-0.2, -0.15) is 0 Å². The van der Waals surface area contributed by atoms with Crippen LogP contribution >= 0.6 is 0 Å². The number of rotatable bonds is 10. The molecule has 0 aromatic heterocycles. The zero-order valence-electron chi connectivity index (χ0n) is 36.7. The van der Waals surface area contributed by atoms with Crippen LogP contribution in [-0.4, -0.2) is 78.0 Å². The van der Waals surface area contributed by atoms with E-state index in [1.54, 1.807) is 0 Å². The molecule has 308 valence electrons. The largest absolute Gasteiger partial charge is 0.374 e. The zero-order valence-corrected chi connectivity index (χ0v) is 36.7. The number of nitrogens with zero attached hydrogens (tertiary/aromatic N) is 5. The van der Waals surface area contributed by atoms with Crippen molar-refractivity contribution in [2.45, 2.75) is 105 Å². The maximum absolute atomic E-state index is 4.75. The molecule has 58 heavy (non-hydrogen) atoms. The summed E-state index contributed by atoms with van der Waals surface area (Å²) < 4.78 is 0. The average molecular weight is 779 g/mol. The number of fused-ring (bicyclic) bond motifs is 1. The van der Waals surface area contributed by atoms with Crippen molar-refractivity contribution < 1.29 is 0 Å². The minimum Gasteiger partial charge on any atom is -0.374 e. The molecule has 4 fully saturated rings. The zero-order chi connectivity index (χ0) is 41.1. The molecule has 6 nitrogen and oxygen atoms in total. The summed E-state index contributed by atoms with van der Waals surface area (Å²) in [5, 5.41) is 3.37. The summed E-state index contributed by atoms with van der Waals surface area (Å²) >= 11 is 0. The number of hydrogen-bond acceptors (Lipinski definition) is 6. The van der Waals surface area contributed by atoms with Gasteiger partial charge in [-0.15, -0.1) is 0 Å². The second-order valence-electron chi connectivity index (χ2n) is 19.5. The number of likely N-dealkylation sites (N-methyl/N-ethyl adjacent to an activating group) is 1. The Morgan fingerprint density at radius 1 is 0.931 bits per heavy atom. The monoisotopic (exact) mass is 779 g/mol. The Balaban J connectivity index is 0.821. The molecule has 5 heterocycles. The Labute approximate surface area is 351 Å². The number of allylic oxidation sites excluding steroid dienone is 5. The first kappa shape index (κ1) is 40.4. The Bertz CT molecular complexity index is 2060. The number of benzene rings is 2. The van der Waals surface area contributed by atoms with Gasteiger partial charge in [-0.1, -0.05) is 65.0 Å². The minimum absolute atomic E-state index is 0.0339. The Kier molecular flexibility index (Phi) is 10.9. The summed E-state index contributed by atoms with van der Waals surface area (Å²) in [7, 11) is 2.14. The van der Waals surface area contributed by atoms with Crippen LogP contribution in [0.3, 0.4) is 0 Å². The van der Waals surface area contributed by atoms with Gasteiger partial charge in [0.05, 0.1) is 6.04 Å². The molecule has 0 radical (unpaired) electrons. The van der Waals surface area contributed by atoms with Crippen LogP contribution in [0.4, 0.5) is 5.69 Å². The standard InChI is InChI=1S/C52H70N6/c1-12-43-28-44-32-55(33-45(44)29-47(43)40(7)54(11)49-17-14-37(4)53-39(49)6)31-42-19-23-56(24-20-42)41(8)48-16-18-50(51(48,9)10)57-25-21-52(22-26-57)30-38(5)58(34-52)46-15-13-35(2)36(3)27-46/h12-13,15-16,18,27-29,38,42,49,53H,1,4,6-8,14,17,19-26,30-34H2,2-3,5,9-11H3. The van der Waals surface area contributed by atoms with E-state index in [2.05, 4.69) is 140 Å². The number of aryl methyl sites for hydroxylation is 2. The van der Waals surface area contributed by atoms with Crippen LogP contribution in [0.1, 0.15) is 99.1 Å². The van der Waals surface area contributed by atoms with Gasteiger partial charge >= 0.3 is 0 Å². The Morgan fingerprint density at radius 3 is 2.31 bits per heavy atom. The van der Waals surface area contributed by atoms with Crippen molar-refractivity contribution in [3.05, 3.63) is 137 Å². The molecule has 1 N–H and O–H groups in total. The molecule has 1 aliphatic carbocycles. The third-order valence-corrected chi connectivity index (χ3v) is 15.3. The van der Waals surface area contributed by atoms with Crippen molar-refractivity contribution in [1.82, 2.24) is 24.9 Å². The van der Waals surface area contributed by atoms with Gasteiger partial charge in [0.1, 0.15) is 0 Å². The van der Waals surface area contributed by atoms with E-state index in [9.17, 15) is 0 Å². The van der Waals surface area contributed by atoms with Crippen molar-refractivity contribution in [2.24, 2.45) is 16.7 Å². The molecule has 2 atom stereocenters. The van der Waals surface area contributed by atoms with Gasteiger partial charge in [-0.3, -0.25) is 4.90 Å². The quantitative estimate of drug-likeness (QED) is 0.258. The number of nitrogens with one attached hydrogen (secondary N) is 1. The predicted octanol–water partition coefficient (Wildman–Crippen LogP) is 10.4. The average Bonchev–Trinajstić information content (AvgIpc) is 3.85. The second-order valence-corrected chi connectivity index (χ2v) is 19.5. The maximum Gasteiger partial charge on any atom is 0.0686 e. The summed E-state index contributed by atoms with van der Waals surface area (Å²) in [5.74, 6) is 0.696. The summed E-state index contributed by atoms with van der Waals surface area (Å²) in [6, 6.07) is 12.6. The lowest BCUT2D eigenvalue weighted by Crippen LogP contribution is -2.44. The van der Waals surface area contributed by atoms with Crippen LogP contribution < -0.4 is 10.2 Å². The molecule has 2 aromatic carbocycles. The Morgan fingerprint density at radius 2 is 1.64 bits per heavy atom. The number of likely N-dealkylation sites (tertiary alicyclic amines) is 2. The summed E-state index contributed by atoms with van der Waals surface area (Å²) in [5.41, 5.74) is 17.0. The predicted molar refractivity (Wildman–Crippen MR) is 246 cm³/mol. The second kappa shape index (κ2) is 15.6. The van der Waals surface area contributed by atoms with Crippen LogP contribution in [0.5, 0.6) is 0 Å². The topological polar surface area (TPSA) is 28.2 Å². The molecule has 0 saturated carbocycles. The van der Waals surface area contributed by atoms with Crippen LogP contribution in [-0.2, 0) is 13.1 Å². The van der Waals surface area contributed by atoms with Crippen molar-refractivity contribution in [3.8, 4) is 0 Å². The highest BCUT2D eigenvalue weighted by Crippen LogP contribution is 2.50. The van der Waals surface area contributed by atoms with Crippen molar-refractivity contribution in [2.75, 3.05) is 51.2 Å². The number of anilines is 1. The van der Waals surface area contributed by atoms with Crippen molar-refractivity contribution in [3.63, 3.8) is 0 Å². The lowest BCUT2D eigenvalue weighted by molar-refractivity contribution is 0.128. The molecule has 8 rings (SSSR count). The third-order valence-electron chi connectivity index (χ3n) is 15.3. The SMILES string of the molecule is C=Cc1cc2c(cc1C(=C)N(C)C1CCC(=C)NC1=C)CN(CC1CCN(C(=C)C3=CC=C(N4CCC5(CC4)CC(C)N(c4ccc(C)c(C)c4)C5)C3(C)C)CC1)C2. The Hall–Kier alpha value is -4.42. The van der Waals surface area contributed by atoms with Gasteiger partial charge < -0.3 is 24.9 Å². The smallest absolute Gasteiger partial charge is 0.0686 e. The maximum atomic E-state index is 4.75. The molecule has 0 amide bonds. The molecule has 2 unspecified atom stereocenters. The first-order valence-electron chi connectivity index (χ1n) is 22.2. The van der Waals surface area contributed by atoms with Gasteiger partial charge in [0.15, 0.2) is 0 Å². The molecular weight excluding hydrogens is 709 g/mol. The molecule has 1 spiro atoms. The van der Waals surface area contributed by atoms with E-state index in [4.69, 9.17) is 6.58 Å². The third kappa shape index (κ3) is 7.51. The lowest BCUT2D eigenvalue weighted by Gasteiger charge is -2.45. The van der Waals surface area contributed by atoms with E-state index < -0.39 is 0 Å². The first-order valence-corrected chi connectivity index (χ1v) is 22.2. The van der Waals surface area contributed by atoms with Crippen molar-refractivity contribution >= 4 is 17.5 Å². The fourth-order valence-corrected chi connectivity index (χ4v) is 11.5. The normalized spacial score (nSPS) is 24.5. The van der Waals surface area contributed by atoms with Gasteiger partial charge in [0.2, 0.25) is 0 Å². The first-order chi connectivity index (χ1) is 27.7. The van der Waals surface area contributed by atoms with E-state index in [0.717, 1.165) is 81.3 Å². The highest BCUT2D eigenvalue weighted by Gasteiger charge is 2.46. The molecule has 4 saturated heterocycles. The number of hydrogen-bond donors (Lipinski definition) is 1. The molecule has 5 aliphatic heterocycles.